The molecule has 19 heavy (non-hydrogen) atoms. The van der Waals surface area contributed by atoms with E-state index in [1.165, 1.54) is 18.9 Å². The van der Waals surface area contributed by atoms with Gasteiger partial charge in [-0.2, -0.15) is 0 Å². The summed E-state index contributed by atoms with van der Waals surface area (Å²) in [4.78, 5) is 3.82. The van der Waals surface area contributed by atoms with Crippen molar-refractivity contribution in [3.63, 3.8) is 0 Å². The lowest BCUT2D eigenvalue weighted by Crippen LogP contribution is -1.99. The van der Waals surface area contributed by atoms with E-state index in [1.54, 1.807) is 23.1 Å². The van der Waals surface area contributed by atoms with E-state index in [9.17, 15) is 0 Å². The maximum Gasteiger partial charge on any atom is 0.0649 e. The minimum Gasteiger partial charge on any atom is -0.330 e. The van der Waals surface area contributed by atoms with Crippen LogP contribution >= 0.6 is 34.9 Å². The Morgan fingerprint density at radius 3 is 2.32 bits per heavy atom. The van der Waals surface area contributed by atoms with Crippen molar-refractivity contribution in [3.05, 3.63) is 41.3 Å². The summed E-state index contributed by atoms with van der Waals surface area (Å²) in [6, 6.07) is 13.0. The third kappa shape index (κ3) is 4.85. The highest BCUT2D eigenvalue weighted by Gasteiger charge is 2.02. The first-order valence-corrected chi connectivity index (χ1v) is 8.83. The van der Waals surface area contributed by atoms with Crippen molar-refractivity contribution in [2.75, 3.05) is 12.3 Å². The molecule has 0 aliphatic carbocycles. The van der Waals surface area contributed by atoms with Crippen molar-refractivity contribution < 1.29 is 0 Å². The number of hydrogen-bond acceptors (Lipinski definition) is 5. The molecule has 0 spiro atoms. The number of thioether (sulfide) groups is 1. The second-order valence-electron chi connectivity index (χ2n) is 3.99. The van der Waals surface area contributed by atoms with Crippen LogP contribution in [0.4, 0.5) is 0 Å². The molecule has 0 unspecified atom stereocenters. The van der Waals surface area contributed by atoms with Gasteiger partial charge >= 0.3 is 0 Å². The van der Waals surface area contributed by atoms with Gasteiger partial charge < -0.3 is 11.5 Å². The summed E-state index contributed by atoms with van der Waals surface area (Å²) < 4.78 is 1.30. The van der Waals surface area contributed by atoms with Crippen LogP contribution in [0.2, 0.25) is 0 Å². The van der Waals surface area contributed by atoms with Crippen LogP contribution in [0.25, 0.3) is 0 Å². The topological polar surface area (TPSA) is 52.0 Å². The smallest absolute Gasteiger partial charge is 0.0649 e. The van der Waals surface area contributed by atoms with Gasteiger partial charge in [0.15, 0.2) is 0 Å². The summed E-state index contributed by atoms with van der Waals surface area (Å²) in [7, 11) is 0. The quantitative estimate of drug-likeness (QED) is 0.603. The van der Waals surface area contributed by atoms with Crippen molar-refractivity contribution in [1.82, 2.24) is 0 Å². The van der Waals surface area contributed by atoms with Crippen LogP contribution in [0.15, 0.2) is 50.4 Å². The SMILES string of the molecule is NCCCSc1ccc(Sc2ccc(CN)s2)cc1. The minimum atomic E-state index is 0.627. The number of thiophene rings is 1. The molecule has 1 aromatic carbocycles. The average Bonchev–Trinajstić information content (AvgIpc) is 2.89. The number of benzene rings is 1. The predicted octanol–water partition coefficient (Wildman–Crippen LogP) is 3.80. The Bertz CT molecular complexity index is 494. The maximum absolute atomic E-state index is 5.62. The van der Waals surface area contributed by atoms with Crippen LogP contribution in [-0.2, 0) is 6.54 Å². The molecule has 1 heterocycles. The van der Waals surface area contributed by atoms with Gasteiger partial charge in [-0.05, 0) is 55.1 Å². The van der Waals surface area contributed by atoms with Gasteiger partial charge in [-0.25, -0.2) is 0 Å². The molecule has 1 aromatic heterocycles. The van der Waals surface area contributed by atoms with Gasteiger partial charge in [0.2, 0.25) is 0 Å². The minimum absolute atomic E-state index is 0.627. The van der Waals surface area contributed by atoms with Gasteiger partial charge in [0.25, 0.3) is 0 Å². The fourth-order valence-electron chi connectivity index (χ4n) is 1.52. The van der Waals surface area contributed by atoms with E-state index in [-0.39, 0.29) is 0 Å². The van der Waals surface area contributed by atoms with Gasteiger partial charge in [-0.1, -0.05) is 11.8 Å². The van der Waals surface area contributed by atoms with E-state index in [0.717, 1.165) is 18.7 Å². The first-order chi connectivity index (χ1) is 9.31. The van der Waals surface area contributed by atoms with E-state index in [0.29, 0.717) is 6.54 Å². The first-order valence-electron chi connectivity index (χ1n) is 6.21. The van der Waals surface area contributed by atoms with Gasteiger partial charge in [-0.3, -0.25) is 0 Å². The number of nitrogens with two attached hydrogens (primary N) is 2. The van der Waals surface area contributed by atoms with E-state index in [4.69, 9.17) is 11.5 Å². The van der Waals surface area contributed by atoms with Crippen LogP contribution in [0.1, 0.15) is 11.3 Å². The van der Waals surface area contributed by atoms with E-state index < -0.39 is 0 Å². The monoisotopic (exact) mass is 310 g/mol. The summed E-state index contributed by atoms with van der Waals surface area (Å²) in [5, 5.41) is 0. The lowest BCUT2D eigenvalue weighted by molar-refractivity contribution is 0.943. The number of rotatable bonds is 7. The largest absolute Gasteiger partial charge is 0.330 e. The molecule has 2 rings (SSSR count). The third-order valence-electron chi connectivity index (χ3n) is 2.50. The molecule has 102 valence electrons. The molecule has 0 atom stereocenters. The van der Waals surface area contributed by atoms with Crippen LogP contribution in [0.5, 0.6) is 0 Å². The molecule has 0 radical (unpaired) electrons. The van der Waals surface area contributed by atoms with E-state index >= 15 is 0 Å². The van der Waals surface area contributed by atoms with Gasteiger partial charge in [0, 0.05) is 21.2 Å². The Kier molecular flexibility index (Phi) is 6.26. The second-order valence-corrected chi connectivity index (χ2v) is 7.70. The van der Waals surface area contributed by atoms with Crippen molar-refractivity contribution in [2.45, 2.75) is 27.0 Å². The molecule has 0 amide bonds. The predicted molar refractivity (Wildman–Crippen MR) is 87.2 cm³/mol. The molecule has 2 nitrogen and oxygen atoms in total. The Morgan fingerprint density at radius 2 is 1.68 bits per heavy atom. The Balaban J connectivity index is 1.90. The molecule has 0 aliphatic rings. The molecule has 4 N–H and O–H groups in total. The highest BCUT2D eigenvalue weighted by Crippen LogP contribution is 2.34. The normalized spacial score (nSPS) is 10.8. The highest BCUT2D eigenvalue weighted by atomic mass is 32.2. The zero-order valence-corrected chi connectivity index (χ0v) is 13.1. The van der Waals surface area contributed by atoms with Crippen molar-refractivity contribution in [3.8, 4) is 0 Å². The summed E-state index contributed by atoms with van der Waals surface area (Å²) in [5.41, 5.74) is 11.1. The lowest BCUT2D eigenvalue weighted by Gasteiger charge is -2.02. The lowest BCUT2D eigenvalue weighted by atomic mass is 10.4. The number of hydrogen-bond donors (Lipinski definition) is 2. The van der Waals surface area contributed by atoms with Crippen LogP contribution in [0.3, 0.4) is 0 Å². The zero-order valence-electron chi connectivity index (χ0n) is 10.7. The van der Waals surface area contributed by atoms with Crippen LogP contribution in [0, 0.1) is 0 Å². The zero-order chi connectivity index (χ0) is 13.5. The molecule has 5 heteroatoms. The molecule has 0 bridgehead atoms. The fourth-order valence-corrected chi connectivity index (χ4v) is 4.42. The van der Waals surface area contributed by atoms with Crippen LogP contribution < -0.4 is 11.5 Å². The van der Waals surface area contributed by atoms with Crippen LogP contribution in [-0.4, -0.2) is 12.3 Å². The molecule has 0 saturated heterocycles. The summed E-state index contributed by atoms with van der Waals surface area (Å²) in [6.07, 6.45) is 1.07. The second kappa shape index (κ2) is 7.97. The summed E-state index contributed by atoms with van der Waals surface area (Å²) in [5.74, 6) is 1.09. The van der Waals surface area contributed by atoms with Gasteiger partial charge in [0.05, 0.1) is 4.21 Å². The van der Waals surface area contributed by atoms with Gasteiger partial charge in [0.1, 0.15) is 0 Å². The summed E-state index contributed by atoms with van der Waals surface area (Å²) >= 11 is 5.43. The maximum atomic E-state index is 5.62. The van der Waals surface area contributed by atoms with Crippen molar-refractivity contribution >= 4 is 34.9 Å². The van der Waals surface area contributed by atoms with Gasteiger partial charge in [-0.15, -0.1) is 23.1 Å². The highest BCUT2D eigenvalue weighted by molar-refractivity contribution is 8.01. The van der Waals surface area contributed by atoms with E-state index in [2.05, 4.69) is 36.4 Å². The first kappa shape index (κ1) is 14.9. The standard InChI is InChI=1S/C14H18N2S3/c15-8-1-9-17-11-2-4-12(5-3-11)18-14-7-6-13(10-16)19-14/h2-7H,1,8-10,15-16H2. The van der Waals surface area contributed by atoms with E-state index in [1.807, 2.05) is 11.8 Å². The average molecular weight is 311 g/mol. The van der Waals surface area contributed by atoms with Crippen molar-refractivity contribution in [1.29, 1.82) is 0 Å². The molecule has 0 fully saturated rings. The Morgan fingerprint density at radius 1 is 0.947 bits per heavy atom. The third-order valence-corrected chi connectivity index (χ3v) is 5.84. The molecular weight excluding hydrogens is 292 g/mol. The van der Waals surface area contributed by atoms with Crippen molar-refractivity contribution in [2.24, 2.45) is 11.5 Å². The molecule has 0 aliphatic heterocycles. The molecular formula is C14H18N2S3. The molecule has 0 saturated carbocycles. The Hall–Kier alpha value is -0.460. The Labute approximate surface area is 127 Å². The molecule has 2 aromatic rings. The fraction of sp³-hybridized carbons (Fsp3) is 0.286. The summed E-state index contributed by atoms with van der Waals surface area (Å²) in [6.45, 7) is 1.39.